The van der Waals surface area contributed by atoms with Gasteiger partial charge in [-0.05, 0) is 42.6 Å². The molecule has 2 rings (SSSR count). The summed E-state index contributed by atoms with van der Waals surface area (Å²) < 4.78 is 5.30. The third-order valence-electron chi connectivity index (χ3n) is 2.76. The molecule has 0 atom stereocenters. The van der Waals surface area contributed by atoms with Gasteiger partial charge >= 0.3 is 0 Å². The predicted octanol–water partition coefficient (Wildman–Crippen LogP) is 2.03. The normalized spacial score (nSPS) is 10.5. The van der Waals surface area contributed by atoms with Gasteiger partial charge in [0, 0.05) is 10.4 Å². The molecule has 120 valence electrons. The molecule has 1 heterocycles. The van der Waals surface area contributed by atoms with Crippen LogP contribution in [-0.2, 0) is 4.79 Å². The van der Waals surface area contributed by atoms with Crippen LogP contribution in [0.15, 0.2) is 46.9 Å². The van der Waals surface area contributed by atoms with E-state index in [1.807, 2.05) is 24.4 Å². The number of hydrogen-bond donors (Lipinski definition) is 2. The first kappa shape index (κ1) is 16.7. The molecule has 0 unspecified atom stereocenters. The van der Waals surface area contributed by atoms with Gasteiger partial charge in [0.15, 0.2) is 0 Å². The summed E-state index contributed by atoms with van der Waals surface area (Å²) in [4.78, 5) is 24.4. The van der Waals surface area contributed by atoms with Crippen molar-refractivity contribution in [3.8, 4) is 5.75 Å². The molecule has 1 aromatic carbocycles. The first-order valence-corrected chi connectivity index (χ1v) is 7.93. The van der Waals surface area contributed by atoms with Crippen LogP contribution in [0.5, 0.6) is 5.75 Å². The van der Waals surface area contributed by atoms with Crippen molar-refractivity contribution in [2.75, 3.05) is 13.2 Å². The number of rotatable bonds is 7. The fourth-order valence-electron chi connectivity index (χ4n) is 1.70. The maximum Gasteiger partial charge on any atom is 0.259 e. The van der Waals surface area contributed by atoms with E-state index in [-0.39, 0.29) is 12.5 Å². The number of thiophene rings is 1. The smallest absolute Gasteiger partial charge is 0.259 e. The van der Waals surface area contributed by atoms with E-state index < -0.39 is 5.91 Å². The van der Waals surface area contributed by atoms with Gasteiger partial charge in [-0.25, -0.2) is 5.43 Å². The van der Waals surface area contributed by atoms with E-state index in [0.29, 0.717) is 17.9 Å². The maximum absolute atomic E-state index is 11.9. The van der Waals surface area contributed by atoms with E-state index in [0.717, 1.165) is 4.88 Å². The Morgan fingerprint density at radius 2 is 2.04 bits per heavy atom. The van der Waals surface area contributed by atoms with Crippen LogP contribution < -0.4 is 15.5 Å². The Kier molecular flexibility index (Phi) is 6.31. The summed E-state index contributed by atoms with van der Waals surface area (Å²) in [6.45, 7) is 2.31. The zero-order valence-corrected chi connectivity index (χ0v) is 13.4. The number of nitrogens with zero attached hydrogens (tertiary/aromatic N) is 1. The lowest BCUT2D eigenvalue weighted by molar-refractivity contribution is -0.120. The summed E-state index contributed by atoms with van der Waals surface area (Å²) in [6, 6.07) is 10.5. The van der Waals surface area contributed by atoms with E-state index >= 15 is 0 Å². The standard InChI is InChI=1S/C16H17N3O3S/c1-2-22-13-7-5-12(6-8-13)16(21)17-11-15(20)19-18-10-14-4-3-9-23-14/h3-10H,2,11H2,1H3,(H,17,21)(H,19,20)/b18-10-. The lowest BCUT2D eigenvalue weighted by Gasteiger charge is -2.06. The molecule has 0 bridgehead atoms. The van der Waals surface area contributed by atoms with Gasteiger partial charge in [-0.2, -0.15) is 5.10 Å². The summed E-state index contributed by atoms with van der Waals surface area (Å²) in [5.74, 6) is -0.0211. The molecule has 0 aliphatic heterocycles. The average molecular weight is 331 g/mol. The van der Waals surface area contributed by atoms with Crippen LogP contribution in [0.4, 0.5) is 0 Å². The second kappa shape index (κ2) is 8.70. The molecule has 23 heavy (non-hydrogen) atoms. The Labute approximate surface area is 138 Å². The van der Waals surface area contributed by atoms with E-state index in [1.54, 1.807) is 30.5 Å². The summed E-state index contributed by atoms with van der Waals surface area (Å²) in [7, 11) is 0. The van der Waals surface area contributed by atoms with Crippen molar-refractivity contribution >= 4 is 29.4 Å². The molecule has 0 radical (unpaired) electrons. The summed E-state index contributed by atoms with van der Waals surface area (Å²) in [5.41, 5.74) is 2.82. The zero-order valence-electron chi connectivity index (χ0n) is 12.6. The SMILES string of the molecule is CCOc1ccc(C(=O)NCC(=O)N/N=C\c2cccs2)cc1. The number of carbonyl (C=O) groups is 2. The number of carbonyl (C=O) groups excluding carboxylic acids is 2. The largest absolute Gasteiger partial charge is 0.494 e. The lowest BCUT2D eigenvalue weighted by atomic mass is 10.2. The molecule has 0 spiro atoms. The van der Waals surface area contributed by atoms with E-state index in [4.69, 9.17) is 4.74 Å². The van der Waals surface area contributed by atoms with E-state index in [2.05, 4.69) is 15.8 Å². The Bertz CT molecular complexity index is 666. The Morgan fingerprint density at radius 3 is 2.70 bits per heavy atom. The molecule has 0 saturated carbocycles. The van der Waals surface area contributed by atoms with Crippen LogP contribution in [0, 0.1) is 0 Å². The third kappa shape index (κ3) is 5.55. The molecule has 6 nitrogen and oxygen atoms in total. The molecule has 2 amide bonds. The van der Waals surface area contributed by atoms with E-state index in [1.165, 1.54) is 11.3 Å². The van der Waals surface area contributed by atoms with Crippen LogP contribution in [0.3, 0.4) is 0 Å². The minimum Gasteiger partial charge on any atom is -0.494 e. The van der Waals surface area contributed by atoms with E-state index in [9.17, 15) is 9.59 Å². The average Bonchev–Trinajstić information content (AvgIpc) is 3.07. The third-order valence-corrected chi connectivity index (χ3v) is 3.57. The molecule has 7 heteroatoms. The molecule has 0 fully saturated rings. The van der Waals surface area contributed by atoms with Crippen LogP contribution in [0.25, 0.3) is 0 Å². The summed E-state index contributed by atoms with van der Waals surface area (Å²) >= 11 is 1.51. The highest BCUT2D eigenvalue weighted by Crippen LogP contribution is 2.11. The van der Waals surface area contributed by atoms with Crippen LogP contribution in [0.1, 0.15) is 22.2 Å². The number of nitrogens with one attached hydrogen (secondary N) is 2. The number of ether oxygens (including phenoxy) is 1. The van der Waals surface area contributed by atoms with Crippen molar-refractivity contribution in [1.29, 1.82) is 0 Å². The molecule has 0 saturated heterocycles. The quantitative estimate of drug-likeness (QED) is 0.602. The van der Waals surface area contributed by atoms with Gasteiger partial charge < -0.3 is 10.1 Å². The van der Waals surface area contributed by atoms with Gasteiger partial charge in [-0.1, -0.05) is 6.07 Å². The van der Waals surface area contributed by atoms with Gasteiger partial charge in [0.2, 0.25) is 0 Å². The van der Waals surface area contributed by atoms with Crippen molar-refractivity contribution in [3.05, 3.63) is 52.2 Å². The Balaban J connectivity index is 1.75. The van der Waals surface area contributed by atoms with Crippen molar-refractivity contribution in [2.45, 2.75) is 6.92 Å². The molecular weight excluding hydrogens is 314 g/mol. The second-order valence-corrected chi connectivity index (χ2v) is 5.43. The van der Waals surface area contributed by atoms with Gasteiger partial charge in [-0.3, -0.25) is 9.59 Å². The fourth-order valence-corrected chi connectivity index (χ4v) is 2.29. The molecule has 2 aromatic rings. The lowest BCUT2D eigenvalue weighted by Crippen LogP contribution is -2.34. The Morgan fingerprint density at radius 1 is 1.26 bits per heavy atom. The van der Waals surface area contributed by atoms with Crippen molar-refractivity contribution in [3.63, 3.8) is 0 Å². The summed E-state index contributed by atoms with van der Waals surface area (Å²) in [5, 5.41) is 8.26. The molecule has 0 aliphatic carbocycles. The first-order chi connectivity index (χ1) is 11.2. The maximum atomic E-state index is 11.9. The van der Waals surface area contributed by atoms with Crippen LogP contribution in [-0.4, -0.2) is 31.2 Å². The van der Waals surface area contributed by atoms with Crippen LogP contribution >= 0.6 is 11.3 Å². The van der Waals surface area contributed by atoms with Crippen molar-refractivity contribution in [2.24, 2.45) is 5.10 Å². The molecule has 0 aliphatic rings. The molecule has 1 aromatic heterocycles. The Hall–Kier alpha value is -2.67. The fraction of sp³-hybridized carbons (Fsp3) is 0.188. The highest BCUT2D eigenvalue weighted by molar-refractivity contribution is 7.11. The molecule has 2 N–H and O–H groups in total. The minimum absolute atomic E-state index is 0.145. The highest BCUT2D eigenvalue weighted by Gasteiger charge is 2.07. The number of hydrazone groups is 1. The monoisotopic (exact) mass is 331 g/mol. The number of benzene rings is 1. The van der Waals surface area contributed by atoms with Crippen LogP contribution in [0.2, 0.25) is 0 Å². The number of amides is 2. The zero-order chi connectivity index (χ0) is 16.5. The van der Waals surface area contributed by atoms with Gasteiger partial charge in [-0.15, -0.1) is 11.3 Å². The molecular formula is C16H17N3O3S. The van der Waals surface area contributed by atoms with Gasteiger partial charge in [0.25, 0.3) is 11.8 Å². The van der Waals surface area contributed by atoms with Crippen molar-refractivity contribution in [1.82, 2.24) is 10.7 Å². The predicted molar refractivity (Wildman–Crippen MR) is 90.0 cm³/mol. The minimum atomic E-state index is -0.392. The number of hydrogen-bond acceptors (Lipinski definition) is 5. The first-order valence-electron chi connectivity index (χ1n) is 7.05. The van der Waals surface area contributed by atoms with Crippen molar-refractivity contribution < 1.29 is 14.3 Å². The highest BCUT2D eigenvalue weighted by atomic mass is 32.1. The van der Waals surface area contributed by atoms with Gasteiger partial charge in [0.05, 0.1) is 19.4 Å². The second-order valence-electron chi connectivity index (χ2n) is 4.45. The van der Waals surface area contributed by atoms with Gasteiger partial charge in [0.1, 0.15) is 5.75 Å². The summed E-state index contributed by atoms with van der Waals surface area (Å²) in [6.07, 6.45) is 1.55. The topological polar surface area (TPSA) is 79.8 Å².